The molecule has 0 atom stereocenters. The van der Waals surface area contributed by atoms with Gasteiger partial charge in [-0.25, -0.2) is 4.79 Å². The zero-order chi connectivity index (χ0) is 13.5. The standard InChI is InChI=1S/C14H16O4/c1-10(2)18-14(16)9-8-12(15)11-6-4-5-7-13(11)17-3/h4-10H,1-3H3/b9-8+. The van der Waals surface area contributed by atoms with E-state index in [1.807, 2.05) is 0 Å². The fraction of sp³-hybridized carbons (Fsp3) is 0.286. The number of ether oxygens (including phenoxy) is 2. The van der Waals surface area contributed by atoms with Crippen molar-refractivity contribution in [2.75, 3.05) is 7.11 Å². The van der Waals surface area contributed by atoms with Gasteiger partial charge in [-0.15, -0.1) is 0 Å². The fourth-order valence-electron chi connectivity index (χ4n) is 1.35. The van der Waals surface area contributed by atoms with Gasteiger partial charge in [0, 0.05) is 6.08 Å². The fourth-order valence-corrected chi connectivity index (χ4v) is 1.35. The molecule has 0 N–H and O–H groups in total. The van der Waals surface area contributed by atoms with Gasteiger partial charge >= 0.3 is 5.97 Å². The van der Waals surface area contributed by atoms with Crippen molar-refractivity contribution in [1.82, 2.24) is 0 Å². The Morgan fingerprint density at radius 2 is 1.83 bits per heavy atom. The van der Waals surface area contributed by atoms with Crippen LogP contribution in [0.5, 0.6) is 5.75 Å². The van der Waals surface area contributed by atoms with Gasteiger partial charge in [-0.3, -0.25) is 4.79 Å². The molecular formula is C14H16O4. The molecule has 0 fully saturated rings. The van der Waals surface area contributed by atoms with Gasteiger partial charge in [0.2, 0.25) is 0 Å². The molecule has 0 aliphatic heterocycles. The van der Waals surface area contributed by atoms with Crippen LogP contribution in [0.4, 0.5) is 0 Å². The number of rotatable bonds is 5. The first-order valence-electron chi connectivity index (χ1n) is 5.60. The van der Waals surface area contributed by atoms with E-state index in [-0.39, 0.29) is 11.9 Å². The predicted molar refractivity (Wildman–Crippen MR) is 67.7 cm³/mol. The minimum atomic E-state index is -0.534. The molecule has 0 saturated carbocycles. The highest BCUT2D eigenvalue weighted by Gasteiger charge is 2.09. The maximum atomic E-state index is 11.8. The minimum absolute atomic E-state index is 0.205. The van der Waals surface area contributed by atoms with Crippen molar-refractivity contribution in [3.05, 3.63) is 42.0 Å². The predicted octanol–water partition coefficient (Wildman–Crippen LogP) is 2.39. The molecule has 1 aromatic carbocycles. The molecule has 1 rings (SSSR count). The summed E-state index contributed by atoms with van der Waals surface area (Å²) in [7, 11) is 1.49. The Balaban J connectivity index is 2.76. The Bertz CT molecular complexity index is 461. The number of hydrogen-bond donors (Lipinski definition) is 0. The molecule has 0 heterocycles. The van der Waals surface area contributed by atoms with Crippen LogP contribution in [0.1, 0.15) is 24.2 Å². The van der Waals surface area contributed by atoms with Crippen molar-refractivity contribution < 1.29 is 19.1 Å². The summed E-state index contributed by atoms with van der Waals surface area (Å²) >= 11 is 0. The second-order valence-corrected chi connectivity index (χ2v) is 3.88. The lowest BCUT2D eigenvalue weighted by atomic mass is 10.1. The van der Waals surface area contributed by atoms with Crippen molar-refractivity contribution in [3.8, 4) is 5.75 Å². The van der Waals surface area contributed by atoms with Crippen LogP contribution in [0.2, 0.25) is 0 Å². The maximum Gasteiger partial charge on any atom is 0.331 e. The van der Waals surface area contributed by atoms with Gasteiger partial charge in [0.15, 0.2) is 5.78 Å². The van der Waals surface area contributed by atoms with Crippen molar-refractivity contribution in [2.24, 2.45) is 0 Å². The largest absolute Gasteiger partial charge is 0.496 e. The molecule has 0 radical (unpaired) electrons. The first kappa shape index (κ1) is 14.0. The van der Waals surface area contributed by atoms with E-state index in [1.54, 1.807) is 38.1 Å². The van der Waals surface area contributed by atoms with E-state index in [9.17, 15) is 9.59 Å². The van der Waals surface area contributed by atoms with Crippen LogP contribution in [0.25, 0.3) is 0 Å². The van der Waals surface area contributed by atoms with Gasteiger partial charge in [-0.05, 0) is 32.1 Å². The number of allylic oxidation sites excluding steroid dienone is 1. The van der Waals surface area contributed by atoms with Crippen molar-refractivity contribution in [1.29, 1.82) is 0 Å². The molecule has 0 saturated heterocycles. The van der Waals surface area contributed by atoms with Crippen LogP contribution in [0.3, 0.4) is 0 Å². The summed E-state index contributed by atoms with van der Waals surface area (Å²) in [5.74, 6) is -0.356. The zero-order valence-electron chi connectivity index (χ0n) is 10.7. The number of methoxy groups -OCH3 is 1. The second kappa shape index (κ2) is 6.59. The molecule has 0 amide bonds. The van der Waals surface area contributed by atoms with E-state index < -0.39 is 5.97 Å². The molecule has 0 aromatic heterocycles. The zero-order valence-corrected chi connectivity index (χ0v) is 10.7. The summed E-state index contributed by atoms with van der Waals surface area (Å²) < 4.78 is 9.95. The average Bonchev–Trinajstić information content (AvgIpc) is 2.35. The van der Waals surface area contributed by atoms with E-state index in [1.165, 1.54) is 13.2 Å². The molecule has 0 bridgehead atoms. The van der Waals surface area contributed by atoms with Crippen LogP contribution in [-0.4, -0.2) is 25.0 Å². The molecule has 0 unspecified atom stereocenters. The number of carbonyl (C=O) groups excluding carboxylic acids is 2. The van der Waals surface area contributed by atoms with E-state index in [2.05, 4.69) is 0 Å². The lowest BCUT2D eigenvalue weighted by Crippen LogP contribution is -2.09. The lowest BCUT2D eigenvalue weighted by molar-refractivity contribution is -0.141. The monoisotopic (exact) mass is 248 g/mol. The Kier molecular flexibility index (Phi) is 5.11. The third-order valence-corrected chi connectivity index (χ3v) is 2.10. The Morgan fingerprint density at radius 1 is 1.17 bits per heavy atom. The summed E-state index contributed by atoms with van der Waals surface area (Å²) in [6.07, 6.45) is 2.10. The van der Waals surface area contributed by atoms with E-state index in [0.29, 0.717) is 11.3 Å². The average molecular weight is 248 g/mol. The summed E-state index contributed by atoms with van der Waals surface area (Å²) in [5.41, 5.74) is 0.411. The smallest absolute Gasteiger partial charge is 0.331 e. The van der Waals surface area contributed by atoms with Crippen LogP contribution in [-0.2, 0) is 9.53 Å². The van der Waals surface area contributed by atoms with Gasteiger partial charge in [-0.2, -0.15) is 0 Å². The van der Waals surface area contributed by atoms with Crippen molar-refractivity contribution in [3.63, 3.8) is 0 Å². The van der Waals surface area contributed by atoms with Gasteiger partial charge < -0.3 is 9.47 Å². The molecule has 18 heavy (non-hydrogen) atoms. The number of para-hydroxylation sites is 1. The molecule has 0 aliphatic rings. The molecule has 96 valence electrons. The Labute approximate surface area is 106 Å². The molecule has 0 spiro atoms. The first-order chi connectivity index (χ1) is 8.54. The van der Waals surface area contributed by atoms with Gasteiger partial charge in [0.1, 0.15) is 5.75 Å². The SMILES string of the molecule is COc1ccccc1C(=O)/C=C/C(=O)OC(C)C. The Morgan fingerprint density at radius 3 is 2.44 bits per heavy atom. The minimum Gasteiger partial charge on any atom is -0.496 e. The van der Waals surface area contributed by atoms with Crippen LogP contribution < -0.4 is 4.74 Å². The molecule has 4 heteroatoms. The third kappa shape index (κ3) is 4.05. The van der Waals surface area contributed by atoms with E-state index >= 15 is 0 Å². The summed E-state index contributed by atoms with van der Waals surface area (Å²) in [6, 6.07) is 6.83. The summed E-state index contributed by atoms with van der Waals surface area (Å²) in [5, 5.41) is 0. The summed E-state index contributed by atoms with van der Waals surface area (Å²) in [4.78, 5) is 23.1. The van der Waals surface area contributed by atoms with E-state index in [0.717, 1.165) is 6.08 Å². The first-order valence-corrected chi connectivity index (χ1v) is 5.60. The number of esters is 1. The number of carbonyl (C=O) groups is 2. The topological polar surface area (TPSA) is 52.6 Å². The van der Waals surface area contributed by atoms with Crippen LogP contribution in [0, 0.1) is 0 Å². The maximum absolute atomic E-state index is 11.8. The van der Waals surface area contributed by atoms with Crippen molar-refractivity contribution >= 4 is 11.8 Å². The van der Waals surface area contributed by atoms with Crippen LogP contribution >= 0.6 is 0 Å². The quantitative estimate of drug-likeness (QED) is 0.456. The Hall–Kier alpha value is -2.10. The summed E-state index contributed by atoms with van der Waals surface area (Å²) in [6.45, 7) is 3.49. The van der Waals surface area contributed by atoms with Crippen LogP contribution in [0.15, 0.2) is 36.4 Å². The number of hydrogen-bond acceptors (Lipinski definition) is 4. The van der Waals surface area contributed by atoms with Gasteiger partial charge in [-0.1, -0.05) is 12.1 Å². The van der Waals surface area contributed by atoms with Gasteiger partial charge in [0.05, 0.1) is 18.8 Å². The molecule has 4 nitrogen and oxygen atoms in total. The van der Waals surface area contributed by atoms with Gasteiger partial charge in [0.25, 0.3) is 0 Å². The molecule has 1 aromatic rings. The van der Waals surface area contributed by atoms with Crippen molar-refractivity contribution in [2.45, 2.75) is 20.0 Å². The number of ketones is 1. The van der Waals surface area contributed by atoms with E-state index in [4.69, 9.17) is 9.47 Å². The highest BCUT2D eigenvalue weighted by atomic mass is 16.5. The normalized spacial score (nSPS) is 10.7. The third-order valence-electron chi connectivity index (χ3n) is 2.10. The lowest BCUT2D eigenvalue weighted by Gasteiger charge is -2.05. The highest BCUT2D eigenvalue weighted by Crippen LogP contribution is 2.18. The molecular weight excluding hydrogens is 232 g/mol. The second-order valence-electron chi connectivity index (χ2n) is 3.88. The molecule has 0 aliphatic carbocycles. The number of benzene rings is 1. The highest BCUT2D eigenvalue weighted by molar-refractivity contribution is 6.08.